The summed E-state index contributed by atoms with van der Waals surface area (Å²) in [6, 6.07) is 0. The van der Waals surface area contributed by atoms with Gasteiger partial charge in [-0.2, -0.15) is 20.8 Å². The molecular formula is C2H10N4O2P2S2. The summed E-state index contributed by atoms with van der Waals surface area (Å²) in [6.45, 7) is -4.39. The van der Waals surface area contributed by atoms with Crippen molar-refractivity contribution in [3.63, 3.8) is 0 Å². The van der Waals surface area contributed by atoms with Gasteiger partial charge in [-0.3, -0.25) is 0 Å². The zero-order valence-electron chi connectivity index (χ0n) is 6.53. The summed E-state index contributed by atoms with van der Waals surface area (Å²) in [5, 5.41) is 11.1. The molecule has 4 N–H and O–H groups in total. The molecule has 0 aromatic rings. The van der Waals surface area contributed by atoms with Gasteiger partial charge >= 0.3 is 0 Å². The van der Waals surface area contributed by atoms with Crippen molar-refractivity contribution >= 4 is 36.7 Å². The monoisotopic (exact) mass is 248 g/mol. The Balaban J connectivity index is 2.61. The van der Waals surface area contributed by atoms with Crippen molar-refractivity contribution in [3.8, 4) is 0 Å². The lowest BCUT2D eigenvalue weighted by molar-refractivity contribution is 0.401. The highest BCUT2D eigenvalue weighted by atomic mass is 32.5. The van der Waals surface area contributed by atoms with Gasteiger partial charge in [0.15, 0.2) is 0 Å². The van der Waals surface area contributed by atoms with E-state index in [9.17, 15) is 0 Å². The van der Waals surface area contributed by atoms with Crippen molar-refractivity contribution in [1.82, 2.24) is 20.8 Å². The van der Waals surface area contributed by atoms with Crippen LogP contribution in [-0.4, -0.2) is 14.2 Å². The maximum atomic E-state index is 5.06. The Hall–Kier alpha value is 1.06. The molecule has 1 aliphatic rings. The van der Waals surface area contributed by atoms with Gasteiger partial charge in [-0.15, -0.1) is 0 Å². The van der Waals surface area contributed by atoms with Crippen LogP contribution in [0.4, 0.5) is 0 Å². The maximum Gasteiger partial charge on any atom is 0.225 e. The number of hydrogen-bond donors (Lipinski definition) is 4. The zero-order valence-corrected chi connectivity index (χ0v) is 9.95. The predicted molar refractivity (Wildman–Crippen MR) is 55.1 cm³/mol. The number of nitrogens with one attached hydrogen (secondary N) is 4. The van der Waals surface area contributed by atoms with Gasteiger partial charge in [-0.05, 0) is 23.6 Å². The van der Waals surface area contributed by atoms with Gasteiger partial charge in [-0.1, -0.05) is 0 Å². The topological polar surface area (TPSA) is 66.6 Å². The van der Waals surface area contributed by atoms with E-state index in [0.717, 1.165) is 0 Å². The van der Waals surface area contributed by atoms with Crippen LogP contribution in [0.15, 0.2) is 0 Å². The number of hydrogen-bond acceptors (Lipinski definition) is 4. The van der Waals surface area contributed by atoms with Gasteiger partial charge in [0.2, 0.25) is 13.1 Å². The minimum atomic E-state index is -2.20. The number of rotatable bonds is 2. The third-order valence-electron chi connectivity index (χ3n) is 1.20. The van der Waals surface area contributed by atoms with Crippen molar-refractivity contribution in [3.05, 3.63) is 0 Å². The quantitative estimate of drug-likeness (QED) is 0.506. The van der Waals surface area contributed by atoms with Crippen LogP contribution >= 0.6 is 13.1 Å². The Morgan fingerprint density at radius 2 is 1.08 bits per heavy atom. The highest BCUT2D eigenvalue weighted by Crippen LogP contribution is 2.46. The Kier molecular flexibility index (Phi) is 3.77. The SMILES string of the molecule is COP1(=S)NNP(=S)(OC)NN1. The van der Waals surface area contributed by atoms with E-state index >= 15 is 0 Å². The van der Waals surface area contributed by atoms with Gasteiger partial charge in [-0.25, -0.2) is 0 Å². The molecule has 12 heavy (non-hydrogen) atoms. The first-order chi connectivity index (χ1) is 5.54. The Morgan fingerprint density at radius 3 is 1.25 bits per heavy atom. The van der Waals surface area contributed by atoms with E-state index in [-0.39, 0.29) is 0 Å². The average molecular weight is 248 g/mol. The van der Waals surface area contributed by atoms with Crippen molar-refractivity contribution in [2.24, 2.45) is 0 Å². The highest BCUT2D eigenvalue weighted by molar-refractivity contribution is 8.13. The van der Waals surface area contributed by atoms with Gasteiger partial charge < -0.3 is 9.05 Å². The molecule has 6 nitrogen and oxygen atoms in total. The van der Waals surface area contributed by atoms with Crippen molar-refractivity contribution in [2.75, 3.05) is 14.2 Å². The third-order valence-corrected chi connectivity index (χ3v) is 6.20. The Bertz CT molecular complexity index is 217. The van der Waals surface area contributed by atoms with E-state index in [1.54, 1.807) is 0 Å². The Labute approximate surface area is 81.1 Å². The van der Waals surface area contributed by atoms with Crippen molar-refractivity contribution < 1.29 is 9.05 Å². The van der Waals surface area contributed by atoms with Crippen LogP contribution in [0.3, 0.4) is 0 Å². The second-order valence-corrected chi connectivity index (χ2v) is 8.83. The van der Waals surface area contributed by atoms with Gasteiger partial charge in [0.05, 0.1) is 0 Å². The van der Waals surface area contributed by atoms with E-state index in [4.69, 9.17) is 32.7 Å². The summed E-state index contributed by atoms with van der Waals surface area (Å²) in [6.07, 6.45) is 0. The highest BCUT2D eigenvalue weighted by Gasteiger charge is 2.28. The third kappa shape index (κ3) is 2.52. The fraction of sp³-hybridized carbons (Fsp3) is 1.00. The van der Waals surface area contributed by atoms with Gasteiger partial charge in [0, 0.05) is 14.2 Å². The molecule has 0 aromatic carbocycles. The smallest absolute Gasteiger partial charge is 0.225 e. The normalized spacial score (nSPS) is 42.8. The van der Waals surface area contributed by atoms with E-state index in [1.807, 2.05) is 0 Å². The molecule has 1 heterocycles. The fourth-order valence-electron chi connectivity index (χ4n) is 0.502. The van der Waals surface area contributed by atoms with Crippen LogP contribution in [0.2, 0.25) is 0 Å². The van der Waals surface area contributed by atoms with Crippen molar-refractivity contribution in [1.29, 1.82) is 0 Å². The molecule has 0 bridgehead atoms. The average Bonchev–Trinajstić information content (AvgIpc) is 2.11. The van der Waals surface area contributed by atoms with Crippen LogP contribution < -0.4 is 20.8 Å². The Morgan fingerprint density at radius 1 is 0.833 bits per heavy atom. The lowest BCUT2D eigenvalue weighted by Gasteiger charge is -2.34. The van der Waals surface area contributed by atoms with Crippen LogP contribution in [0, 0.1) is 0 Å². The molecule has 1 saturated heterocycles. The van der Waals surface area contributed by atoms with Crippen molar-refractivity contribution in [2.45, 2.75) is 0 Å². The summed E-state index contributed by atoms with van der Waals surface area (Å²) in [5.41, 5.74) is 0. The summed E-state index contributed by atoms with van der Waals surface area (Å²) < 4.78 is 10.0. The largest absolute Gasteiger partial charge is 0.329 e. The standard InChI is InChI=1S/C2H10N4O2P2S2/c1-7-9(11)3-5-10(12,8-2)6-4-9/h1-2H3,(H2,3,4,11)(H2,5,6,12). The van der Waals surface area contributed by atoms with E-state index in [2.05, 4.69) is 20.8 Å². The molecule has 1 rings (SSSR count). The van der Waals surface area contributed by atoms with Crippen LogP contribution in [0.25, 0.3) is 0 Å². The summed E-state index contributed by atoms with van der Waals surface area (Å²) in [5.74, 6) is 0. The molecule has 0 saturated carbocycles. The summed E-state index contributed by atoms with van der Waals surface area (Å²) in [4.78, 5) is 0. The molecule has 10 heteroatoms. The van der Waals surface area contributed by atoms with Gasteiger partial charge in [0.1, 0.15) is 0 Å². The second kappa shape index (κ2) is 4.06. The molecule has 0 radical (unpaired) electrons. The van der Waals surface area contributed by atoms with Crippen LogP contribution in [-0.2, 0) is 32.7 Å². The number of hydrazine groups is 2. The summed E-state index contributed by atoms with van der Waals surface area (Å²) >= 11 is 10.1. The van der Waals surface area contributed by atoms with Crippen LogP contribution in [0.1, 0.15) is 0 Å². The molecule has 1 fully saturated rings. The minimum Gasteiger partial charge on any atom is -0.329 e. The first kappa shape index (κ1) is 11.1. The molecule has 0 aromatic heterocycles. The molecule has 0 amide bonds. The van der Waals surface area contributed by atoms with E-state index in [1.165, 1.54) is 14.2 Å². The lowest BCUT2D eigenvalue weighted by Crippen LogP contribution is -2.47. The lowest BCUT2D eigenvalue weighted by atomic mass is 11.8. The van der Waals surface area contributed by atoms with E-state index in [0.29, 0.717) is 0 Å². The maximum absolute atomic E-state index is 5.06. The second-order valence-electron chi connectivity index (χ2n) is 1.92. The first-order valence-electron chi connectivity index (χ1n) is 2.94. The molecule has 0 spiro atoms. The molecule has 1 aliphatic heterocycles. The molecule has 0 aliphatic carbocycles. The summed E-state index contributed by atoms with van der Waals surface area (Å²) in [7, 11) is 3.04. The van der Waals surface area contributed by atoms with E-state index < -0.39 is 13.1 Å². The fourth-order valence-corrected chi connectivity index (χ4v) is 4.55. The molecular weight excluding hydrogens is 238 g/mol. The molecule has 0 unspecified atom stereocenters. The molecule has 72 valence electrons. The zero-order chi connectivity index (χ0) is 9.24. The minimum absolute atomic E-state index is 1.52. The molecule has 0 atom stereocenters. The first-order valence-corrected chi connectivity index (χ1v) is 8.38. The predicted octanol–water partition coefficient (Wildman–Crippen LogP) is -0.0698. The van der Waals surface area contributed by atoms with Crippen LogP contribution in [0.5, 0.6) is 0 Å². The van der Waals surface area contributed by atoms with Gasteiger partial charge in [0.25, 0.3) is 0 Å².